The smallest absolute Gasteiger partial charge is 0.0750 e. The summed E-state index contributed by atoms with van der Waals surface area (Å²) in [7, 11) is 1.81. The van der Waals surface area contributed by atoms with Crippen LogP contribution >= 0.6 is 0 Å². The fourth-order valence-electron chi connectivity index (χ4n) is 2.46. The Morgan fingerprint density at radius 3 is 2.60 bits per heavy atom. The minimum Gasteiger partial charge on any atom is -0.381 e. The van der Waals surface area contributed by atoms with E-state index >= 15 is 0 Å². The van der Waals surface area contributed by atoms with Gasteiger partial charge in [-0.15, -0.1) is 0 Å². The molecule has 1 aliphatic heterocycles. The van der Waals surface area contributed by atoms with E-state index in [1.54, 1.807) is 0 Å². The van der Waals surface area contributed by atoms with Gasteiger partial charge in [0.15, 0.2) is 0 Å². The standard InChI is InChI=1S/C12H25NO2/c1-5-13-11(10-6-7-15-8-10)12(14-4)9(2)3/h9-13H,5-8H2,1-4H3. The molecule has 1 fully saturated rings. The van der Waals surface area contributed by atoms with E-state index in [1.807, 2.05) is 7.11 Å². The highest BCUT2D eigenvalue weighted by Crippen LogP contribution is 2.23. The summed E-state index contributed by atoms with van der Waals surface area (Å²) in [4.78, 5) is 0. The summed E-state index contributed by atoms with van der Waals surface area (Å²) in [5.41, 5.74) is 0. The minimum absolute atomic E-state index is 0.289. The molecule has 0 saturated carbocycles. The lowest BCUT2D eigenvalue weighted by Crippen LogP contribution is -2.48. The van der Waals surface area contributed by atoms with Gasteiger partial charge in [-0.25, -0.2) is 0 Å². The number of likely N-dealkylation sites (N-methyl/N-ethyl adjacent to an activating group) is 1. The first-order valence-electron chi connectivity index (χ1n) is 6.04. The van der Waals surface area contributed by atoms with Gasteiger partial charge in [-0.05, 0) is 18.9 Å². The van der Waals surface area contributed by atoms with Crippen LogP contribution in [0.3, 0.4) is 0 Å². The van der Waals surface area contributed by atoms with E-state index in [2.05, 4.69) is 26.1 Å². The highest BCUT2D eigenvalue weighted by Gasteiger charge is 2.33. The highest BCUT2D eigenvalue weighted by molar-refractivity contribution is 4.87. The molecular formula is C12H25NO2. The monoisotopic (exact) mass is 215 g/mol. The zero-order chi connectivity index (χ0) is 11.3. The molecule has 1 rings (SSSR count). The lowest BCUT2D eigenvalue weighted by Gasteiger charge is -2.33. The number of nitrogens with one attached hydrogen (secondary N) is 1. The first-order valence-corrected chi connectivity index (χ1v) is 6.04. The van der Waals surface area contributed by atoms with Crippen LogP contribution in [0.4, 0.5) is 0 Å². The van der Waals surface area contributed by atoms with Crippen LogP contribution in [0.1, 0.15) is 27.2 Å². The van der Waals surface area contributed by atoms with Crippen molar-refractivity contribution in [2.75, 3.05) is 26.9 Å². The Morgan fingerprint density at radius 2 is 2.20 bits per heavy atom. The second kappa shape index (κ2) is 6.46. The summed E-state index contributed by atoms with van der Waals surface area (Å²) in [6.45, 7) is 9.36. The number of methoxy groups -OCH3 is 1. The van der Waals surface area contributed by atoms with Crippen LogP contribution in [0.5, 0.6) is 0 Å². The third-order valence-corrected chi connectivity index (χ3v) is 3.20. The van der Waals surface area contributed by atoms with Crippen molar-refractivity contribution in [3.8, 4) is 0 Å². The van der Waals surface area contributed by atoms with Gasteiger partial charge in [0.05, 0.1) is 12.7 Å². The molecule has 0 aromatic rings. The highest BCUT2D eigenvalue weighted by atomic mass is 16.5. The van der Waals surface area contributed by atoms with Crippen molar-refractivity contribution in [1.29, 1.82) is 0 Å². The summed E-state index contributed by atoms with van der Waals surface area (Å²) in [5, 5.41) is 3.55. The largest absolute Gasteiger partial charge is 0.381 e. The SMILES string of the molecule is CCNC(C1CCOC1)C(OC)C(C)C. The second-order valence-electron chi connectivity index (χ2n) is 4.65. The first kappa shape index (κ1) is 12.9. The minimum atomic E-state index is 0.289. The Labute approximate surface area is 93.5 Å². The molecule has 3 unspecified atom stereocenters. The van der Waals surface area contributed by atoms with Crippen LogP contribution in [0.15, 0.2) is 0 Å². The molecule has 1 N–H and O–H groups in total. The number of rotatable bonds is 6. The van der Waals surface area contributed by atoms with E-state index in [1.165, 1.54) is 0 Å². The molecule has 1 heterocycles. The van der Waals surface area contributed by atoms with E-state index in [0.717, 1.165) is 26.2 Å². The van der Waals surface area contributed by atoms with Gasteiger partial charge in [-0.1, -0.05) is 20.8 Å². The molecular weight excluding hydrogens is 190 g/mol. The quantitative estimate of drug-likeness (QED) is 0.731. The topological polar surface area (TPSA) is 30.5 Å². The molecule has 3 heteroatoms. The van der Waals surface area contributed by atoms with Gasteiger partial charge < -0.3 is 14.8 Å². The van der Waals surface area contributed by atoms with Crippen molar-refractivity contribution in [3.05, 3.63) is 0 Å². The van der Waals surface area contributed by atoms with Crippen molar-refractivity contribution in [3.63, 3.8) is 0 Å². The molecule has 0 radical (unpaired) electrons. The van der Waals surface area contributed by atoms with Crippen LogP contribution in [-0.4, -0.2) is 39.0 Å². The zero-order valence-corrected chi connectivity index (χ0v) is 10.5. The molecule has 1 saturated heterocycles. The maximum absolute atomic E-state index is 5.62. The lowest BCUT2D eigenvalue weighted by molar-refractivity contribution is 0.0132. The lowest BCUT2D eigenvalue weighted by atomic mass is 9.88. The summed E-state index contributed by atoms with van der Waals surface area (Å²) >= 11 is 0. The van der Waals surface area contributed by atoms with Gasteiger partial charge in [0.1, 0.15) is 0 Å². The van der Waals surface area contributed by atoms with Crippen molar-refractivity contribution in [2.24, 2.45) is 11.8 Å². The Kier molecular flexibility index (Phi) is 5.58. The Balaban J connectivity index is 2.60. The predicted molar refractivity (Wildman–Crippen MR) is 62.0 cm³/mol. The number of hydrogen-bond acceptors (Lipinski definition) is 3. The molecule has 0 bridgehead atoms. The van der Waals surface area contributed by atoms with E-state index in [-0.39, 0.29) is 6.10 Å². The van der Waals surface area contributed by atoms with Crippen molar-refractivity contribution in [1.82, 2.24) is 5.32 Å². The van der Waals surface area contributed by atoms with Gasteiger partial charge in [-0.3, -0.25) is 0 Å². The molecule has 15 heavy (non-hydrogen) atoms. The van der Waals surface area contributed by atoms with Crippen molar-refractivity contribution in [2.45, 2.75) is 39.3 Å². The fourth-order valence-corrected chi connectivity index (χ4v) is 2.46. The van der Waals surface area contributed by atoms with Crippen molar-refractivity contribution < 1.29 is 9.47 Å². The molecule has 90 valence electrons. The normalized spacial score (nSPS) is 25.8. The average Bonchev–Trinajstić information content (AvgIpc) is 2.69. The number of hydrogen-bond donors (Lipinski definition) is 1. The molecule has 0 aromatic carbocycles. The zero-order valence-electron chi connectivity index (χ0n) is 10.5. The van der Waals surface area contributed by atoms with Gasteiger partial charge in [0.25, 0.3) is 0 Å². The van der Waals surface area contributed by atoms with Gasteiger partial charge in [0, 0.05) is 25.7 Å². The Bertz CT molecular complexity index is 167. The second-order valence-corrected chi connectivity index (χ2v) is 4.65. The molecule has 0 aliphatic carbocycles. The Morgan fingerprint density at radius 1 is 1.47 bits per heavy atom. The molecule has 1 aliphatic rings. The van der Waals surface area contributed by atoms with E-state index in [0.29, 0.717) is 17.9 Å². The van der Waals surface area contributed by atoms with Crippen LogP contribution in [0, 0.1) is 11.8 Å². The molecule has 0 aromatic heterocycles. The summed E-state index contributed by atoms with van der Waals surface area (Å²) in [6, 6.07) is 0.433. The van der Waals surface area contributed by atoms with Gasteiger partial charge >= 0.3 is 0 Å². The van der Waals surface area contributed by atoms with Crippen LogP contribution in [0.2, 0.25) is 0 Å². The van der Waals surface area contributed by atoms with Crippen LogP contribution in [-0.2, 0) is 9.47 Å². The summed E-state index contributed by atoms with van der Waals surface area (Å²) in [6.07, 6.45) is 1.45. The van der Waals surface area contributed by atoms with E-state index in [4.69, 9.17) is 9.47 Å². The van der Waals surface area contributed by atoms with E-state index < -0.39 is 0 Å². The average molecular weight is 215 g/mol. The predicted octanol–water partition coefficient (Wildman–Crippen LogP) is 1.67. The van der Waals surface area contributed by atoms with Gasteiger partial charge in [-0.2, -0.15) is 0 Å². The Hall–Kier alpha value is -0.120. The summed E-state index contributed by atoms with van der Waals surface area (Å²) < 4.78 is 11.1. The molecule has 3 nitrogen and oxygen atoms in total. The summed E-state index contributed by atoms with van der Waals surface area (Å²) in [5.74, 6) is 1.15. The van der Waals surface area contributed by atoms with Crippen molar-refractivity contribution >= 4 is 0 Å². The maximum Gasteiger partial charge on any atom is 0.0750 e. The molecule has 0 amide bonds. The van der Waals surface area contributed by atoms with Gasteiger partial charge in [0.2, 0.25) is 0 Å². The molecule has 3 atom stereocenters. The van der Waals surface area contributed by atoms with Crippen LogP contribution in [0.25, 0.3) is 0 Å². The third kappa shape index (κ3) is 3.44. The number of ether oxygens (including phenoxy) is 2. The fraction of sp³-hybridized carbons (Fsp3) is 1.00. The van der Waals surface area contributed by atoms with E-state index in [9.17, 15) is 0 Å². The van der Waals surface area contributed by atoms with Crippen LogP contribution < -0.4 is 5.32 Å². The maximum atomic E-state index is 5.62. The first-order chi connectivity index (χ1) is 7.20. The molecule has 0 spiro atoms. The third-order valence-electron chi connectivity index (χ3n) is 3.20.